The van der Waals surface area contributed by atoms with Gasteiger partial charge in [-0.2, -0.15) is 10.4 Å². The van der Waals surface area contributed by atoms with Gasteiger partial charge in [0.2, 0.25) is 0 Å². The lowest BCUT2D eigenvalue weighted by atomic mass is 10.0. The Morgan fingerprint density at radius 1 is 1.35 bits per heavy atom. The van der Waals surface area contributed by atoms with Gasteiger partial charge in [-0.25, -0.2) is 4.68 Å². The van der Waals surface area contributed by atoms with E-state index in [0.717, 1.165) is 0 Å². The summed E-state index contributed by atoms with van der Waals surface area (Å²) in [6.07, 6.45) is -0.307. The summed E-state index contributed by atoms with van der Waals surface area (Å²) >= 11 is 0. The summed E-state index contributed by atoms with van der Waals surface area (Å²) in [7, 11) is 0. The van der Waals surface area contributed by atoms with Crippen molar-refractivity contribution in [1.82, 2.24) is 25.1 Å². The monoisotopic (exact) mass is 503 g/mol. The van der Waals surface area contributed by atoms with Crippen LogP contribution in [0.5, 0.6) is 0 Å². The standard InChI is InChI=1S/C23H21N9O5/c1-23(2)11-31(17-5-6-32(29-17)14-7-13(9-24)28-26-10-14)22(35)19(36-23)18(33)21(34)27-12-3-4-15-16(8-12)37-30-20(15)25/h3-8,10,18-19,33H,11H2,1-2H3,(H2,25,30)(H,27,34)/t18-,19?/m1/s1. The Bertz CT molecular complexity index is 1550. The molecule has 188 valence electrons. The van der Waals surface area contributed by atoms with Crippen LogP contribution in [-0.2, 0) is 14.3 Å². The number of aliphatic hydroxyl groups excluding tert-OH is 1. The van der Waals surface area contributed by atoms with Crippen LogP contribution in [0, 0.1) is 11.3 Å². The van der Waals surface area contributed by atoms with Crippen molar-refractivity contribution in [2.75, 3.05) is 22.5 Å². The lowest BCUT2D eigenvalue weighted by Gasteiger charge is -2.42. The van der Waals surface area contributed by atoms with Crippen LogP contribution in [0.1, 0.15) is 19.5 Å². The van der Waals surface area contributed by atoms with E-state index in [1.165, 1.54) is 27.9 Å². The third-order valence-electron chi connectivity index (χ3n) is 5.69. The molecule has 2 atom stereocenters. The fourth-order valence-corrected chi connectivity index (χ4v) is 3.96. The molecule has 14 heteroatoms. The lowest BCUT2D eigenvalue weighted by molar-refractivity contribution is -0.169. The molecule has 2 amide bonds. The van der Waals surface area contributed by atoms with Crippen LogP contribution in [0.4, 0.5) is 17.3 Å². The van der Waals surface area contributed by atoms with Crippen LogP contribution in [0.15, 0.2) is 47.2 Å². The number of fused-ring (bicyclic) bond motifs is 1. The molecule has 37 heavy (non-hydrogen) atoms. The van der Waals surface area contributed by atoms with Crippen molar-refractivity contribution in [3.63, 3.8) is 0 Å². The minimum absolute atomic E-state index is 0.109. The minimum Gasteiger partial charge on any atom is -0.380 e. The van der Waals surface area contributed by atoms with E-state index in [1.54, 1.807) is 38.2 Å². The summed E-state index contributed by atoms with van der Waals surface area (Å²) in [6, 6.07) is 9.68. The molecule has 0 aliphatic carbocycles. The van der Waals surface area contributed by atoms with Crippen molar-refractivity contribution in [2.45, 2.75) is 31.7 Å². The maximum absolute atomic E-state index is 13.3. The van der Waals surface area contributed by atoms with Gasteiger partial charge in [0.1, 0.15) is 6.07 Å². The number of aliphatic hydroxyl groups is 1. The number of carbonyl (C=O) groups excluding carboxylic acids is 2. The van der Waals surface area contributed by atoms with Gasteiger partial charge in [0, 0.05) is 30.1 Å². The van der Waals surface area contributed by atoms with Crippen LogP contribution in [0.3, 0.4) is 0 Å². The van der Waals surface area contributed by atoms with Gasteiger partial charge in [-0.15, -0.1) is 10.2 Å². The van der Waals surface area contributed by atoms with Gasteiger partial charge in [-0.05, 0) is 26.0 Å². The Labute approximate surface area is 209 Å². The number of hydrogen-bond acceptors (Lipinski definition) is 11. The molecule has 1 unspecified atom stereocenters. The highest BCUT2D eigenvalue weighted by molar-refractivity contribution is 6.04. The summed E-state index contributed by atoms with van der Waals surface area (Å²) in [5.41, 5.74) is 6.04. The molecule has 0 spiro atoms. The van der Waals surface area contributed by atoms with E-state index < -0.39 is 29.6 Å². The number of nitriles is 1. The molecule has 0 radical (unpaired) electrons. The van der Waals surface area contributed by atoms with Crippen molar-refractivity contribution >= 4 is 40.1 Å². The van der Waals surface area contributed by atoms with Crippen LogP contribution < -0.4 is 16.0 Å². The molecule has 0 bridgehead atoms. The van der Waals surface area contributed by atoms with E-state index in [1.807, 2.05) is 6.07 Å². The van der Waals surface area contributed by atoms with Gasteiger partial charge in [0.25, 0.3) is 11.8 Å². The Hall–Kier alpha value is -4.87. The van der Waals surface area contributed by atoms with E-state index in [0.29, 0.717) is 22.3 Å². The van der Waals surface area contributed by atoms with E-state index in [4.69, 9.17) is 20.3 Å². The van der Waals surface area contributed by atoms with Crippen molar-refractivity contribution in [3.05, 3.63) is 48.4 Å². The number of nitrogens with two attached hydrogens (primary N) is 1. The van der Waals surface area contributed by atoms with E-state index in [2.05, 4.69) is 25.8 Å². The first-order valence-corrected chi connectivity index (χ1v) is 11.1. The quantitative estimate of drug-likeness (QED) is 0.347. The van der Waals surface area contributed by atoms with Crippen LogP contribution in [0.25, 0.3) is 16.7 Å². The third-order valence-corrected chi connectivity index (χ3v) is 5.69. The fraction of sp³-hybridized carbons (Fsp3) is 0.261. The van der Waals surface area contributed by atoms with E-state index >= 15 is 0 Å². The average Bonchev–Trinajstić information content (AvgIpc) is 3.52. The van der Waals surface area contributed by atoms with Crippen LogP contribution >= 0.6 is 0 Å². The molecule has 4 N–H and O–H groups in total. The molecule has 1 aliphatic rings. The Kier molecular flexibility index (Phi) is 5.78. The predicted octanol–water partition coefficient (Wildman–Crippen LogP) is 0.767. The number of nitrogen functional groups attached to an aromatic ring is 1. The largest absolute Gasteiger partial charge is 0.380 e. The van der Waals surface area contributed by atoms with Crippen molar-refractivity contribution in [1.29, 1.82) is 5.26 Å². The number of hydrogen-bond donors (Lipinski definition) is 3. The Morgan fingerprint density at radius 2 is 2.16 bits per heavy atom. The second-order valence-electron chi connectivity index (χ2n) is 8.96. The van der Waals surface area contributed by atoms with Gasteiger partial charge in [0.05, 0.1) is 29.4 Å². The summed E-state index contributed by atoms with van der Waals surface area (Å²) in [5, 5.41) is 38.5. The summed E-state index contributed by atoms with van der Waals surface area (Å²) in [4.78, 5) is 27.5. The van der Waals surface area contributed by atoms with Gasteiger partial charge in [-0.1, -0.05) is 5.16 Å². The fourth-order valence-electron chi connectivity index (χ4n) is 3.96. The molecule has 1 fully saturated rings. The van der Waals surface area contributed by atoms with Gasteiger partial charge >= 0.3 is 0 Å². The van der Waals surface area contributed by atoms with E-state index in [9.17, 15) is 14.7 Å². The Balaban J connectivity index is 1.36. The number of nitrogens with zero attached hydrogens (tertiary/aromatic N) is 7. The van der Waals surface area contributed by atoms with E-state index in [-0.39, 0.29) is 23.9 Å². The maximum atomic E-state index is 13.3. The number of ether oxygens (including phenoxy) is 1. The molecule has 5 rings (SSSR count). The molecule has 1 aliphatic heterocycles. The molecule has 1 saturated heterocycles. The number of rotatable bonds is 5. The number of benzene rings is 1. The van der Waals surface area contributed by atoms with Gasteiger partial charge < -0.3 is 25.4 Å². The first-order valence-electron chi connectivity index (χ1n) is 11.1. The Morgan fingerprint density at radius 3 is 2.95 bits per heavy atom. The van der Waals surface area contributed by atoms with Gasteiger partial charge in [0.15, 0.2) is 35.1 Å². The second-order valence-corrected chi connectivity index (χ2v) is 8.96. The zero-order valence-corrected chi connectivity index (χ0v) is 19.7. The second kappa shape index (κ2) is 8.97. The first-order chi connectivity index (χ1) is 17.6. The minimum atomic E-state index is -1.82. The molecule has 4 heterocycles. The van der Waals surface area contributed by atoms with Crippen LogP contribution in [-0.4, -0.2) is 66.4 Å². The normalized spacial score (nSPS) is 17.9. The maximum Gasteiger partial charge on any atom is 0.260 e. The van der Waals surface area contributed by atoms with Gasteiger partial charge in [-0.3, -0.25) is 14.5 Å². The number of amides is 2. The molecule has 4 aromatic rings. The molecule has 1 aromatic carbocycles. The van der Waals surface area contributed by atoms with Crippen molar-refractivity contribution in [2.24, 2.45) is 0 Å². The molecular weight excluding hydrogens is 482 g/mol. The molecular formula is C23H21N9O5. The lowest BCUT2D eigenvalue weighted by Crippen LogP contribution is -2.61. The predicted molar refractivity (Wildman–Crippen MR) is 128 cm³/mol. The highest BCUT2D eigenvalue weighted by Crippen LogP contribution is 2.29. The molecule has 0 saturated carbocycles. The smallest absolute Gasteiger partial charge is 0.260 e. The summed E-state index contributed by atoms with van der Waals surface area (Å²) in [6.45, 7) is 3.58. The average molecular weight is 503 g/mol. The number of carbonyl (C=O) groups is 2. The van der Waals surface area contributed by atoms with Crippen molar-refractivity contribution in [3.8, 4) is 11.8 Å². The van der Waals surface area contributed by atoms with Crippen LogP contribution in [0.2, 0.25) is 0 Å². The molecule has 3 aromatic heterocycles. The van der Waals surface area contributed by atoms with Crippen molar-refractivity contribution < 1.29 is 24.0 Å². The number of morpholine rings is 1. The highest BCUT2D eigenvalue weighted by atomic mass is 16.5. The summed E-state index contributed by atoms with van der Waals surface area (Å²) < 4.78 is 12.3. The SMILES string of the molecule is CC1(C)CN(c2ccn(-c3cnnc(C#N)c3)n2)C(=O)C([C@@H](O)C(=O)Nc2ccc3c(N)noc3c2)O1. The third kappa shape index (κ3) is 4.56. The number of anilines is 3. The zero-order valence-electron chi connectivity index (χ0n) is 19.7. The number of nitrogens with one attached hydrogen (secondary N) is 1. The molecule has 14 nitrogen and oxygen atoms in total. The topological polar surface area (TPSA) is 198 Å². The number of aromatic nitrogens is 5. The summed E-state index contributed by atoms with van der Waals surface area (Å²) in [5.74, 6) is -1.01. The zero-order chi connectivity index (χ0) is 26.3. The highest BCUT2D eigenvalue weighted by Gasteiger charge is 2.46. The first kappa shape index (κ1) is 23.9.